The summed E-state index contributed by atoms with van der Waals surface area (Å²) in [5.41, 5.74) is 1.26. The van der Waals surface area contributed by atoms with E-state index in [0.29, 0.717) is 11.0 Å². The molecule has 18 heavy (non-hydrogen) atoms. The van der Waals surface area contributed by atoms with Crippen LogP contribution in [0.3, 0.4) is 0 Å². The van der Waals surface area contributed by atoms with Gasteiger partial charge in [0, 0.05) is 17.0 Å². The number of nitrogens with one attached hydrogen (secondary N) is 1. The van der Waals surface area contributed by atoms with E-state index in [1.165, 1.54) is 5.56 Å². The summed E-state index contributed by atoms with van der Waals surface area (Å²) >= 11 is 1.68. The Bertz CT molecular complexity index is 321. The fourth-order valence-corrected chi connectivity index (χ4v) is 2.92. The Labute approximate surface area is 114 Å². The summed E-state index contributed by atoms with van der Waals surface area (Å²) in [6.45, 7) is 4.98. The number of hydrogen-bond donors (Lipinski definition) is 3. The van der Waals surface area contributed by atoms with Crippen molar-refractivity contribution in [2.75, 3.05) is 18.9 Å². The summed E-state index contributed by atoms with van der Waals surface area (Å²) < 4.78 is 0. The number of aliphatic hydroxyl groups is 2. The van der Waals surface area contributed by atoms with Crippen molar-refractivity contribution in [1.82, 2.24) is 5.32 Å². The van der Waals surface area contributed by atoms with Gasteiger partial charge in [-0.3, -0.25) is 0 Å². The first-order chi connectivity index (χ1) is 8.69. The van der Waals surface area contributed by atoms with Crippen molar-refractivity contribution in [3.8, 4) is 0 Å². The predicted octanol–water partition coefficient (Wildman–Crippen LogP) is 1.81. The normalized spacial score (nSPS) is 16.2. The number of hydrogen-bond acceptors (Lipinski definition) is 4. The molecule has 0 spiro atoms. The lowest BCUT2D eigenvalue weighted by Gasteiger charge is -2.25. The van der Waals surface area contributed by atoms with E-state index in [9.17, 15) is 5.11 Å². The summed E-state index contributed by atoms with van der Waals surface area (Å²) in [4.78, 5) is 0. The summed E-state index contributed by atoms with van der Waals surface area (Å²) in [7, 11) is 0. The third kappa shape index (κ3) is 4.98. The molecule has 0 fully saturated rings. The van der Waals surface area contributed by atoms with Gasteiger partial charge in [0.1, 0.15) is 0 Å². The van der Waals surface area contributed by atoms with Gasteiger partial charge in [0.25, 0.3) is 0 Å². The number of thioether (sulfide) groups is 1. The molecule has 0 aliphatic carbocycles. The quantitative estimate of drug-likeness (QED) is 0.674. The van der Waals surface area contributed by atoms with Crippen molar-refractivity contribution in [1.29, 1.82) is 0 Å². The second kappa shape index (κ2) is 8.53. The van der Waals surface area contributed by atoms with Crippen molar-refractivity contribution in [3.63, 3.8) is 0 Å². The first kappa shape index (κ1) is 15.5. The van der Waals surface area contributed by atoms with E-state index < -0.39 is 6.10 Å². The molecule has 0 aliphatic heterocycles. The van der Waals surface area contributed by atoms with Gasteiger partial charge in [0.2, 0.25) is 0 Å². The van der Waals surface area contributed by atoms with Gasteiger partial charge < -0.3 is 15.5 Å². The first-order valence-corrected chi connectivity index (χ1v) is 7.42. The minimum atomic E-state index is -0.629. The third-order valence-electron chi connectivity index (χ3n) is 2.81. The molecule has 1 aromatic carbocycles. The van der Waals surface area contributed by atoms with E-state index in [2.05, 4.69) is 31.3 Å². The number of rotatable bonds is 8. The molecule has 0 radical (unpaired) electrons. The first-order valence-electron chi connectivity index (χ1n) is 6.37. The van der Waals surface area contributed by atoms with E-state index in [0.717, 1.165) is 6.54 Å². The molecule has 0 bridgehead atoms. The lowest BCUT2D eigenvalue weighted by molar-refractivity contribution is 0.113. The second-order valence-electron chi connectivity index (χ2n) is 4.32. The van der Waals surface area contributed by atoms with Crippen molar-refractivity contribution in [2.45, 2.75) is 31.2 Å². The maximum atomic E-state index is 9.40. The smallest absolute Gasteiger partial charge is 0.0861 e. The average Bonchev–Trinajstić information content (AvgIpc) is 2.42. The van der Waals surface area contributed by atoms with Crippen LogP contribution < -0.4 is 5.32 Å². The fourth-order valence-electron chi connectivity index (χ4n) is 1.85. The van der Waals surface area contributed by atoms with Gasteiger partial charge in [-0.15, -0.1) is 0 Å². The van der Waals surface area contributed by atoms with Crippen molar-refractivity contribution < 1.29 is 10.2 Å². The van der Waals surface area contributed by atoms with E-state index in [4.69, 9.17) is 5.11 Å². The van der Waals surface area contributed by atoms with Crippen LogP contribution in [0, 0.1) is 0 Å². The zero-order chi connectivity index (χ0) is 13.4. The molecular weight excluding hydrogens is 246 g/mol. The SMILES string of the molecule is CCNC(c1ccccc1)C(C)SCC(O)CO. The Morgan fingerprint density at radius 2 is 1.94 bits per heavy atom. The van der Waals surface area contributed by atoms with Crippen molar-refractivity contribution in [2.24, 2.45) is 0 Å². The largest absolute Gasteiger partial charge is 0.394 e. The van der Waals surface area contributed by atoms with Crippen LogP contribution in [0.25, 0.3) is 0 Å². The molecule has 0 aliphatic rings. The highest BCUT2D eigenvalue weighted by molar-refractivity contribution is 7.99. The summed E-state index contributed by atoms with van der Waals surface area (Å²) in [6.07, 6.45) is -0.629. The highest BCUT2D eigenvalue weighted by Gasteiger charge is 2.19. The van der Waals surface area contributed by atoms with Gasteiger partial charge in [-0.25, -0.2) is 0 Å². The number of aliphatic hydroxyl groups excluding tert-OH is 2. The van der Waals surface area contributed by atoms with E-state index in [1.54, 1.807) is 11.8 Å². The summed E-state index contributed by atoms with van der Waals surface area (Å²) in [5, 5.41) is 22.0. The summed E-state index contributed by atoms with van der Waals surface area (Å²) in [6, 6.07) is 10.6. The van der Waals surface area contributed by atoms with E-state index >= 15 is 0 Å². The monoisotopic (exact) mass is 269 g/mol. The molecule has 0 aromatic heterocycles. The molecule has 3 unspecified atom stereocenters. The third-order valence-corrected chi connectivity index (χ3v) is 4.19. The van der Waals surface area contributed by atoms with E-state index in [-0.39, 0.29) is 12.6 Å². The van der Waals surface area contributed by atoms with Crippen LogP contribution in [-0.2, 0) is 0 Å². The minimum Gasteiger partial charge on any atom is -0.394 e. The van der Waals surface area contributed by atoms with Gasteiger partial charge in [-0.1, -0.05) is 44.2 Å². The fraction of sp³-hybridized carbons (Fsp3) is 0.571. The molecule has 3 atom stereocenters. The minimum absolute atomic E-state index is 0.170. The molecule has 0 saturated carbocycles. The van der Waals surface area contributed by atoms with Crippen LogP contribution in [-0.4, -0.2) is 40.5 Å². The molecule has 1 aromatic rings. The standard InChI is InChI=1S/C14H23NO2S/c1-3-15-14(12-7-5-4-6-8-12)11(2)18-10-13(17)9-16/h4-8,11,13-17H,3,9-10H2,1-2H3. The van der Waals surface area contributed by atoms with Crippen LogP contribution in [0.15, 0.2) is 30.3 Å². The zero-order valence-electron chi connectivity index (χ0n) is 11.0. The van der Waals surface area contributed by atoms with Crippen LogP contribution >= 0.6 is 11.8 Å². The Kier molecular flexibility index (Phi) is 7.35. The lowest BCUT2D eigenvalue weighted by Crippen LogP contribution is -2.29. The molecule has 3 N–H and O–H groups in total. The Hall–Kier alpha value is -0.550. The zero-order valence-corrected chi connectivity index (χ0v) is 11.9. The van der Waals surface area contributed by atoms with E-state index in [1.807, 2.05) is 18.2 Å². The van der Waals surface area contributed by atoms with Gasteiger partial charge in [0.15, 0.2) is 0 Å². The molecule has 1 rings (SSSR count). The maximum Gasteiger partial charge on any atom is 0.0861 e. The topological polar surface area (TPSA) is 52.5 Å². The van der Waals surface area contributed by atoms with Gasteiger partial charge >= 0.3 is 0 Å². The molecule has 0 amide bonds. The molecule has 3 nitrogen and oxygen atoms in total. The molecular formula is C14H23NO2S. The van der Waals surface area contributed by atoms with Gasteiger partial charge in [-0.2, -0.15) is 11.8 Å². The lowest BCUT2D eigenvalue weighted by atomic mass is 10.0. The van der Waals surface area contributed by atoms with Crippen LogP contribution in [0.4, 0.5) is 0 Å². The predicted molar refractivity (Wildman–Crippen MR) is 77.9 cm³/mol. The second-order valence-corrected chi connectivity index (χ2v) is 5.73. The van der Waals surface area contributed by atoms with Crippen molar-refractivity contribution in [3.05, 3.63) is 35.9 Å². The van der Waals surface area contributed by atoms with Gasteiger partial charge in [-0.05, 0) is 12.1 Å². The highest BCUT2D eigenvalue weighted by Crippen LogP contribution is 2.26. The van der Waals surface area contributed by atoms with Crippen LogP contribution in [0.5, 0.6) is 0 Å². The van der Waals surface area contributed by atoms with Crippen LogP contribution in [0.1, 0.15) is 25.5 Å². The number of benzene rings is 1. The average molecular weight is 269 g/mol. The highest BCUT2D eigenvalue weighted by atomic mass is 32.2. The Morgan fingerprint density at radius 1 is 1.28 bits per heavy atom. The van der Waals surface area contributed by atoms with Gasteiger partial charge in [0.05, 0.1) is 12.7 Å². The maximum absolute atomic E-state index is 9.40. The van der Waals surface area contributed by atoms with Crippen molar-refractivity contribution >= 4 is 11.8 Å². The Morgan fingerprint density at radius 3 is 2.50 bits per heavy atom. The molecule has 4 heteroatoms. The summed E-state index contributed by atoms with van der Waals surface area (Å²) in [5.74, 6) is 0.562. The molecule has 0 heterocycles. The molecule has 102 valence electrons. The Balaban J connectivity index is 2.61. The van der Waals surface area contributed by atoms with Crippen LogP contribution in [0.2, 0.25) is 0 Å². The molecule has 0 saturated heterocycles.